The summed E-state index contributed by atoms with van der Waals surface area (Å²) in [5.74, 6) is 0. The molecule has 0 unspecified atom stereocenters. The van der Waals surface area contributed by atoms with Gasteiger partial charge in [0.05, 0.1) is 6.07 Å². The molecule has 0 aromatic heterocycles. The molecule has 0 heterocycles. The molecule has 0 saturated carbocycles. The van der Waals surface area contributed by atoms with Crippen molar-refractivity contribution < 1.29 is 0 Å². The van der Waals surface area contributed by atoms with Crippen molar-refractivity contribution in [2.24, 2.45) is 4.99 Å². The summed E-state index contributed by atoms with van der Waals surface area (Å²) in [5, 5.41) is 9.10. The summed E-state index contributed by atoms with van der Waals surface area (Å²) >= 11 is 0. The maximum atomic E-state index is 9.10. The quantitative estimate of drug-likeness (QED) is 0.748. The van der Waals surface area contributed by atoms with Crippen molar-refractivity contribution in [1.82, 2.24) is 0 Å². The van der Waals surface area contributed by atoms with Gasteiger partial charge in [0, 0.05) is 12.6 Å². The minimum absolute atomic E-state index is 0.326. The molecule has 0 aliphatic carbocycles. The summed E-state index contributed by atoms with van der Waals surface area (Å²) in [5.41, 5.74) is 2.15. The van der Waals surface area contributed by atoms with Crippen LogP contribution in [0.1, 0.15) is 11.1 Å². The Morgan fingerprint density at radius 1 is 1.00 bits per heavy atom. The van der Waals surface area contributed by atoms with Crippen LogP contribution in [0.15, 0.2) is 65.7 Å². The van der Waals surface area contributed by atoms with Crippen LogP contribution < -0.4 is 0 Å². The van der Waals surface area contributed by atoms with E-state index in [1.807, 2.05) is 60.7 Å². The molecule has 2 rings (SSSR count). The topological polar surface area (TPSA) is 36.1 Å². The van der Waals surface area contributed by atoms with Crippen molar-refractivity contribution in [1.29, 1.82) is 5.26 Å². The fourth-order valence-corrected chi connectivity index (χ4v) is 1.68. The standard InChI is InChI=1S/C16H14N2/c17-12-16(11-14-7-3-1-4-8-14)18-13-15-9-5-2-6-10-15/h1-10,13,16H,11H2/t16-/m0/s1. The van der Waals surface area contributed by atoms with Crippen LogP contribution in [-0.4, -0.2) is 12.3 Å². The fraction of sp³-hybridized carbons (Fsp3) is 0.125. The zero-order valence-corrected chi connectivity index (χ0v) is 10.0. The number of nitrogens with zero attached hydrogens (tertiary/aromatic N) is 2. The molecule has 0 N–H and O–H groups in total. The number of aliphatic imine (C=N–C) groups is 1. The number of benzene rings is 2. The summed E-state index contributed by atoms with van der Waals surface area (Å²) in [6, 6.07) is 21.7. The number of hydrogen-bond acceptors (Lipinski definition) is 2. The van der Waals surface area contributed by atoms with E-state index in [2.05, 4.69) is 11.1 Å². The van der Waals surface area contributed by atoms with E-state index in [9.17, 15) is 0 Å². The smallest absolute Gasteiger partial charge is 0.140 e. The third-order valence-corrected chi connectivity index (χ3v) is 2.62. The van der Waals surface area contributed by atoms with E-state index < -0.39 is 0 Å². The van der Waals surface area contributed by atoms with Gasteiger partial charge in [0.2, 0.25) is 0 Å². The molecule has 18 heavy (non-hydrogen) atoms. The van der Waals surface area contributed by atoms with E-state index in [4.69, 9.17) is 5.26 Å². The highest BCUT2D eigenvalue weighted by molar-refractivity contribution is 5.79. The summed E-state index contributed by atoms with van der Waals surface area (Å²) in [6.07, 6.45) is 2.41. The number of rotatable bonds is 4. The Labute approximate surface area is 107 Å². The lowest BCUT2D eigenvalue weighted by Crippen LogP contribution is -2.05. The third kappa shape index (κ3) is 3.57. The molecule has 2 aromatic carbocycles. The first-order valence-electron chi connectivity index (χ1n) is 5.90. The lowest BCUT2D eigenvalue weighted by molar-refractivity contribution is 0.829. The molecule has 0 bridgehead atoms. The second kappa shape index (κ2) is 6.36. The predicted octanol–water partition coefficient (Wildman–Crippen LogP) is 3.24. The van der Waals surface area contributed by atoms with Crippen molar-refractivity contribution in [2.75, 3.05) is 0 Å². The molecule has 0 amide bonds. The molecular weight excluding hydrogens is 220 g/mol. The Balaban J connectivity index is 2.03. The first kappa shape index (κ1) is 12.1. The molecular formula is C16H14N2. The molecule has 0 aliphatic rings. The number of nitriles is 1. The van der Waals surface area contributed by atoms with E-state index >= 15 is 0 Å². The van der Waals surface area contributed by atoms with Gasteiger partial charge < -0.3 is 0 Å². The highest BCUT2D eigenvalue weighted by Gasteiger charge is 2.04. The lowest BCUT2D eigenvalue weighted by Gasteiger charge is -2.03. The average Bonchev–Trinajstić information content (AvgIpc) is 2.45. The maximum absolute atomic E-state index is 9.10. The van der Waals surface area contributed by atoms with Crippen molar-refractivity contribution in [2.45, 2.75) is 12.5 Å². The van der Waals surface area contributed by atoms with Gasteiger partial charge in [-0.25, -0.2) is 0 Å². The van der Waals surface area contributed by atoms with Crippen molar-refractivity contribution in [3.63, 3.8) is 0 Å². The predicted molar refractivity (Wildman–Crippen MR) is 73.6 cm³/mol. The van der Waals surface area contributed by atoms with Gasteiger partial charge in [-0.15, -0.1) is 0 Å². The summed E-state index contributed by atoms with van der Waals surface area (Å²) in [4.78, 5) is 4.32. The monoisotopic (exact) mass is 234 g/mol. The fourth-order valence-electron chi connectivity index (χ4n) is 1.68. The van der Waals surface area contributed by atoms with E-state index in [0.717, 1.165) is 11.1 Å². The van der Waals surface area contributed by atoms with Crippen LogP contribution in [0.2, 0.25) is 0 Å². The third-order valence-electron chi connectivity index (χ3n) is 2.62. The minimum atomic E-state index is -0.326. The summed E-state index contributed by atoms with van der Waals surface area (Å²) < 4.78 is 0. The molecule has 0 aliphatic heterocycles. The Kier molecular flexibility index (Phi) is 4.27. The SMILES string of the molecule is N#C[C@H](Cc1ccccc1)N=Cc1ccccc1. The molecule has 1 atom stereocenters. The van der Waals surface area contributed by atoms with Gasteiger partial charge in [0.15, 0.2) is 0 Å². The highest BCUT2D eigenvalue weighted by atomic mass is 14.8. The largest absolute Gasteiger partial charge is 0.274 e. The van der Waals surface area contributed by atoms with Gasteiger partial charge in [-0.3, -0.25) is 4.99 Å². The van der Waals surface area contributed by atoms with Gasteiger partial charge >= 0.3 is 0 Å². The second-order valence-corrected chi connectivity index (χ2v) is 4.02. The zero-order valence-electron chi connectivity index (χ0n) is 10.0. The van der Waals surface area contributed by atoms with Crippen LogP contribution in [0.25, 0.3) is 0 Å². The van der Waals surface area contributed by atoms with Crippen LogP contribution in [-0.2, 0) is 6.42 Å². The summed E-state index contributed by atoms with van der Waals surface area (Å²) in [7, 11) is 0. The number of hydrogen-bond donors (Lipinski definition) is 0. The van der Waals surface area contributed by atoms with Gasteiger partial charge in [-0.1, -0.05) is 60.7 Å². The summed E-state index contributed by atoms with van der Waals surface area (Å²) in [6.45, 7) is 0. The Morgan fingerprint density at radius 3 is 2.22 bits per heavy atom. The van der Waals surface area contributed by atoms with E-state index in [1.165, 1.54) is 0 Å². The van der Waals surface area contributed by atoms with Gasteiger partial charge in [-0.2, -0.15) is 5.26 Å². The van der Waals surface area contributed by atoms with Crippen molar-refractivity contribution >= 4 is 6.21 Å². The maximum Gasteiger partial charge on any atom is 0.140 e. The van der Waals surface area contributed by atoms with Crippen LogP contribution >= 0.6 is 0 Å². The van der Waals surface area contributed by atoms with Crippen LogP contribution in [0.3, 0.4) is 0 Å². The molecule has 2 heteroatoms. The normalized spacial score (nSPS) is 12.2. The molecule has 0 radical (unpaired) electrons. The van der Waals surface area contributed by atoms with E-state index in [1.54, 1.807) is 6.21 Å². The van der Waals surface area contributed by atoms with Crippen LogP contribution in [0.4, 0.5) is 0 Å². The average molecular weight is 234 g/mol. The molecule has 88 valence electrons. The highest BCUT2D eigenvalue weighted by Crippen LogP contribution is 2.05. The van der Waals surface area contributed by atoms with Crippen molar-refractivity contribution in [3.05, 3.63) is 71.8 Å². The lowest BCUT2D eigenvalue weighted by atomic mass is 10.1. The van der Waals surface area contributed by atoms with Gasteiger partial charge in [0.1, 0.15) is 6.04 Å². The molecule has 0 spiro atoms. The van der Waals surface area contributed by atoms with Crippen molar-refractivity contribution in [3.8, 4) is 6.07 Å². The van der Waals surface area contributed by atoms with Gasteiger partial charge in [0.25, 0.3) is 0 Å². The first-order valence-corrected chi connectivity index (χ1v) is 5.90. The molecule has 0 saturated heterocycles. The van der Waals surface area contributed by atoms with Gasteiger partial charge in [-0.05, 0) is 11.1 Å². The Bertz CT molecular complexity index is 538. The Hall–Kier alpha value is -2.40. The second-order valence-electron chi connectivity index (χ2n) is 4.02. The Morgan fingerprint density at radius 2 is 1.61 bits per heavy atom. The van der Waals surface area contributed by atoms with E-state index in [0.29, 0.717) is 6.42 Å². The zero-order chi connectivity index (χ0) is 12.6. The van der Waals surface area contributed by atoms with Crippen LogP contribution in [0.5, 0.6) is 0 Å². The minimum Gasteiger partial charge on any atom is -0.274 e. The van der Waals surface area contributed by atoms with Crippen LogP contribution in [0, 0.1) is 11.3 Å². The molecule has 0 fully saturated rings. The molecule has 2 nitrogen and oxygen atoms in total. The molecule has 2 aromatic rings. The van der Waals surface area contributed by atoms with E-state index in [-0.39, 0.29) is 6.04 Å². The first-order chi connectivity index (χ1) is 8.88.